The molecule has 4 aromatic rings. The monoisotopic (exact) mass is 434 g/mol. The Morgan fingerprint density at radius 2 is 2.00 bits per heavy atom. The predicted octanol–water partition coefficient (Wildman–Crippen LogP) is 5.71. The number of ether oxygens (including phenoxy) is 1. The van der Waals surface area contributed by atoms with Gasteiger partial charge in [0.25, 0.3) is 11.6 Å². The molecule has 2 aromatic heterocycles. The predicted molar refractivity (Wildman–Crippen MR) is 119 cm³/mol. The third kappa shape index (κ3) is 4.62. The van der Waals surface area contributed by atoms with Crippen molar-refractivity contribution in [3.05, 3.63) is 86.9 Å². The van der Waals surface area contributed by atoms with E-state index in [9.17, 15) is 14.9 Å². The van der Waals surface area contributed by atoms with Crippen molar-refractivity contribution in [1.29, 1.82) is 0 Å². The van der Waals surface area contributed by atoms with Crippen LogP contribution in [0.5, 0.6) is 11.5 Å². The number of anilines is 1. The number of hydrogen-bond donors (Lipinski definition) is 2. The number of nitrogens with zero attached hydrogens (tertiary/aromatic N) is 2. The summed E-state index contributed by atoms with van der Waals surface area (Å²) in [6, 6.07) is 15.3. The van der Waals surface area contributed by atoms with Crippen LogP contribution in [0, 0.1) is 24.0 Å². The van der Waals surface area contributed by atoms with Crippen molar-refractivity contribution in [3.63, 3.8) is 0 Å². The molecule has 8 nitrogen and oxygen atoms in total. The molecule has 0 spiro atoms. The zero-order chi connectivity index (χ0) is 22.0. The number of aromatic nitrogens is 2. The van der Waals surface area contributed by atoms with Gasteiger partial charge in [-0.1, -0.05) is 18.2 Å². The van der Waals surface area contributed by atoms with Crippen molar-refractivity contribution < 1.29 is 14.5 Å². The average Bonchev–Trinajstić information content (AvgIpc) is 3.42. The molecule has 156 valence electrons. The molecule has 2 N–H and O–H groups in total. The van der Waals surface area contributed by atoms with E-state index >= 15 is 0 Å². The molecule has 9 heteroatoms. The van der Waals surface area contributed by atoms with E-state index in [1.54, 1.807) is 12.1 Å². The molecule has 0 aliphatic carbocycles. The van der Waals surface area contributed by atoms with Gasteiger partial charge in [0.1, 0.15) is 11.5 Å². The molecule has 2 aromatic carbocycles. The number of nitrogens with one attached hydrogen (secondary N) is 2. The molecule has 2 heterocycles. The van der Waals surface area contributed by atoms with Crippen LogP contribution in [-0.4, -0.2) is 21.0 Å². The Morgan fingerprint density at radius 1 is 1.16 bits per heavy atom. The van der Waals surface area contributed by atoms with Crippen molar-refractivity contribution >= 4 is 28.6 Å². The molecule has 4 rings (SSSR count). The van der Waals surface area contributed by atoms with Crippen LogP contribution >= 0.6 is 11.3 Å². The summed E-state index contributed by atoms with van der Waals surface area (Å²) in [4.78, 5) is 24.5. The zero-order valence-electron chi connectivity index (χ0n) is 16.7. The van der Waals surface area contributed by atoms with E-state index in [2.05, 4.69) is 15.5 Å². The minimum atomic E-state index is -0.533. The number of non-ortho nitro benzene ring substituents is 1. The van der Waals surface area contributed by atoms with Crippen molar-refractivity contribution in [2.45, 2.75) is 13.8 Å². The quantitative estimate of drug-likeness (QED) is 0.298. The number of H-pyrrole nitrogens is 1. The molecule has 0 aliphatic heterocycles. The Bertz CT molecular complexity index is 1260. The summed E-state index contributed by atoms with van der Waals surface area (Å²) < 4.78 is 5.89. The molecule has 0 unspecified atom stereocenters. The standard InChI is InChI=1S/C22H18N4O4S/c1-13-5-6-14(2)20(8-13)30-17-10-15(9-16(11-17)26(28)29)23-22(27)19-12-18(24-25-19)21-4-3-7-31-21/h3-12H,1-2H3,(H,23,27)(H,24,25). The van der Waals surface area contributed by atoms with Crippen LogP contribution < -0.4 is 10.1 Å². The lowest BCUT2D eigenvalue weighted by Gasteiger charge is -2.11. The fraction of sp³-hybridized carbons (Fsp3) is 0.0909. The van der Waals surface area contributed by atoms with Crippen LogP contribution in [-0.2, 0) is 0 Å². The molecular formula is C22H18N4O4S. The number of benzene rings is 2. The van der Waals surface area contributed by atoms with E-state index in [4.69, 9.17) is 4.74 Å². The van der Waals surface area contributed by atoms with Crippen LogP contribution in [0.3, 0.4) is 0 Å². The second-order valence-electron chi connectivity index (χ2n) is 6.94. The van der Waals surface area contributed by atoms with Gasteiger partial charge in [0, 0.05) is 12.1 Å². The summed E-state index contributed by atoms with van der Waals surface area (Å²) >= 11 is 1.52. The Balaban J connectivity index is 1.59. The molecule has 0 atom stereocenters. The lowest BCUT2D eigenvalue weighted by Crippen LogP contribution is -2.12. The highest BCUT2D eigenvalue weighted by Crippen LogP contribution is 2.32. The number of amides is 1. The first kappa shape index (κ1) is 20.3. The minimum absolute atomic E-state index is 0.173. The fourth-order valence-electron chi connectivity index (χ4n) is 2.96. The number of aromatic amines is 1. The number of thiophene rings is 1. The van der Waals surface area contributed by atoms with E-state index in [0.29, 0.717) is 5.75 Å². The summed E-state index contributed by atoms with van der Waals surface area (Å²) in [6.45, 7) is 3.82. The molecule has 0 aliphatic rings. The van der Waals surface area contributed by atoms with Crippen molar-refractivity contribution in [1.82, 2.24) is 10.2 Å². The van der Waals surface area contributed by atoms with Gasteiger partial charge in [-0.2, -0.15) is 5.10 Å². The molecule has 31 heavy (non-hydrogen) atoms. The van der Waals surface area contributed by atoms with Gasteiger partial charge in [0.15, 0.2) is 5.69 Å². The van der Waals surface area contributed by atoms with E-state index in [0.717, 1.165) is 21.7 Å². The highest BCUT2D eigenvalue weighted by Gasteiger charge is 2.16. The number of carbonyl (C=O) groups excluding carboxylic acids is 1. The molecule has 0 fully saturated rings. The zero-order valence-corrected chi connectivity index (χ0v) is 17.5. The molecule has 0 bridgehead atoms. The maximum absolute atomic E-state index is 12.6. The summed E-state index contributed by atoms with van der Waals surface area (Å²) in [5.74, 6) is 0.349. The SMILES string of the molecule is Cc1ccc(C)c(Oc2cc(NC(=O)c3cc(-c4cccs4)[nH]n3)cc([N+](=O)[O-])c2)c1. The summed E-state index contributed by atoms with van der Waals surface area (Å²) in [5.41, 5.74) is 2.82. The van der Waals surface area contributed by atoms with Gasteiger partial charge in [0.05, 0.1) is 27.2 Å². The van der Waals surface area contributed by atoms with Crippen LogP contribution in [0.15, 0.2) is 60.0 Å². The molecule has 0 radical (unpaired) electrons. The third-order valence-corrected chi connectivity index (χ3v) is 5.43. The van der Waals surface area contributed by atoms with Gasteiger partial charge >= 0.3 is 0 Å². The van der Waals surface area contributed by atoms with E-state index in [-0.39, 0.29) is 22.8 Å². The molecule has 0 saturated carbocycles. The maximum Gasteiger partial charge on any atom is 0.276 e. The van der Waals surface area contributed by atoms with Gasteiger partial charge in [-0.25, -0.2) is 0 Å². The third-order valence-electron chi connectivity index (χ3n) is 4.53. The summed E-state index contributed by atoms with van der Waals surface area (Å²) in [5, 5.41) is 22.8. The van der Waals surface area contributed by atoms with E-state index in [1.807, 2.05) is 49.6 Å². The molecular weight excluding hydrogens is 416 g/mol. The summed E-state index contributed by atoms with van der Waals surface area (Å²) in [7, 11) is 0. The number of nitro groups is 1. The van der Waals surface area contributed by atoms with Crippen molar-refractivity contribution in [2.75, 3.05) is 5.32 Å². The minimum Gasteiger partial charge on any atom is -0.457 e. The highest BCUT2D eigenvalue weighted by atomic mass is 32.1. The number of nitro benzene ring substituents is 1. The second kappa shape index (κ2) is 8.41. The van der Waals surface area contributed by atoms with Gasteiger partial charge in [-0.3, -0.25) is 20.0 Å². The first-order valence-electron chi connectivity index (χ1n) is 9.34. The Hall–Kier alpha value is -3.98. The Kier molecular flexibility index (Phi) is 5.50. The lowest BCUT2D eigenvalue weighted by atomic mass is 10.1. The topological polar surface area (TPSA) is 110 Å². The number of rotatable bonds is 6. The van der Waals surface area contributed by atoms with Gasteiger partial charge in [-0.15, -0.1) is 11.3 Å². The Morgan fingerprint density at radius 3 is 2.74 bits per heavy atom. The largest absolute Gasteiger partial charge is 0.457 e. The smallest absolute Gasteiger partial charge is 0.276 e. The maximum atomic E-state index is 12.6. The van der Waals surface area contributed by atoms with Gasteiger partial charge in [-0.05, 0) is 48.6 Å². The van der Waals surface area contributed by atoms with E-state index < -0.39 is 10.8 Å². The van der Waals surface area contributed by atoms with Crippen LogP contribution in [0.2, 0.25) is 0 Å². The first-order chi connectivity index (χ1) is 14.9. The van der Waals surface area contributed by atoms with Crippen molar-refractivity contribution in [2.24, 2.45) is 0 Å². The normalized spacial score (nSPS) is 10.6. The van der Waals surface area contributed by atoms with Crippen LogP contribution in [0.1, 0.15) is 21.6 Å². The highest BCUT2D eigenvalue weighted by molar-refractivity contribution is 7.13. The lowest BCUT2D eigenvalue weighted by molar-refractivity contribution is -0.384. The molecule has 0 saturated heterocycles. The first-order valence-corrected chi connectivity index (χ1v) is 10.2. The number of hydrogen-bond acceptors (Lipinski definition) is 6. The van der Waals surface area contributed by atoms with Crippen molar-refractivity contribution in [3.8, 4) is 22.1 Å². The molecule has 1 amide bonds. The Labute approximate surface area is 181 Å². The van der Waals surface area contributed by atoms with E-state index in [1.165, 1.54) is 23.5 Å². The number of aryl methyl sites for hydroxylation is 2. The van der Waals surface area contributed by atoms with Gasteiger partial charge in [0.2, 0.25) is 0 Å². The average molecular weight is 434 g/mol. The summed E-state index contributed by atoms with van der Waals surface area (Å²) in [6.07, 6.45) is 0. The number of carbonyl (C=O) groups is 1. The second-order valence-corrected chi connectivity index (χ2v) is 7.89. The fourth-order valence-corrected chi connectivity index (χ4v) is 3.65. The van der Waals surface area contributed by atoms with Crippen LogP contribution in [0.25, 0.3) is 10.6 Å². The van der Waals surface area contributed by atoms with Crippen LogP contribution in [0.4, 0.5) is 11.4 Å². The van der Waals surface area contributed by atoms with Gasteiger partial charge < -0.3 is 10.1 Å².